The number of esters is 2. The Morgan fingerprint density at radius 2 is 1.79 bits per heavy atom. The molecule has 2 aliphatic heterocycles. The lowest BCUT2D eigenvalue weighted by Crippen LogP contribution is -2.60. The van der Waals surface area contributed by atoms with Crippen LogP contribution in [0.25, 0.3) is 0 Å². The molecule has 1 saturated heterocycles. The summed E-state index contributed by atoms with van der Waals surface area (Å²) < 4.78 is 38.5. The second-order valence-corrected chi connectivity index (χ2v) is 15.3. The summed E-state index contributed by atoms with van der Waals surface area (Å²) in [5.74, 6) is -5.42. The van der Waals surface area contributed by atoms with E-state index < -0.39 is 77.4 Å². The standard InChI is InChI=1S/C42H57N3O11/c1-12-32-42(13-2,56-40(50)45-20-19-43-24-45)23-26(4)33(46)25(3)22-41(8,51-11)36(28(6)34(47)29(7)37(48)53-32)55-39-35(31(44(9)10)21-27(5)52-39)54-38(49)30-17-15-14-16-18-30/h13-20,23-25,27-29,31-32,35-36,39H,2,12,21-22H2,1,3-11H3/b26-23+/t25-,27-,28+,29-,31+,32-,35-,36-,39?,41+,42+/m1/s1. The number of carbonyl (C=O) groups excluding carboxylic acids is 5. The summed E-state index contributed by atoms with van der Waals surface area (Å²) in [6.07, 6.45) is 1.86. The number of hydrogen-bond acceptors (Lipinski definition) is 13. The van der Waals surface area contributed by atoms with Crippen molar-refractivity contribution in [2.75, 3.05) is 21.2 Å². The van der Waals surface area contributed by atoms with Crippen molar-refractivity contribution in [3.63, 3.8) is 0 Å². The highest BCUT2D eigenvalue weighted by molar-refractivity contribution is 6.00. The third-order valence-electron chi connectivity index (χ3n) is 11.0. The van der Waals surface area contributed by atoms with Crippen LogP contribution in [0.1, 0.15) is 78.1 Å². The first-order valence-electron chi connectivity index (χ1n) is 19.0. The number of aromatic nitrogens is 2. The number of rotatable bonds is 9. The third kappa shape index (κ3) is 9.71. The average molecular weight is 780 g/mol. The van der Waals surface area contributed by atoms with Crippen LogP contribution in [0.15, 0.2) is 73.4 Å². The highest BCUT2D eigenvalue weighted by atomic mass is 16.7. The van der Waals surface area contributed by atoms with Crippen LogP contribution in [-0.2, 0) is 42.8 Å². The minimum absolute atomic E-state index is 0.0512. The second-order valence-electron chi connectivity index (χ2n) is 15.3. The molecule has 1 aromatic carbocycles. The number of imidazole rings is 1. The van der Waals surface area contributed by atoms with Crippen molar-refractivity contribution in [1.29, 1.82) is 0 Å². The van der Waals surface area contributed by atoms with Gasteiger partial charge in [-0.1, -0.05) is 45.5 Å². The molecule has 0 saturated carbocycles. The van der Waals surface area contributed by atoms with Gasteiger partial charge in [-0.25, -0.2) is 19.1 Å². The summed E-state index contributed by atoms with van der Waals surface area (Å²) in [5.41, 5.74) is -2.60. The fourth-order valence-electron chi connectivity index (χ4n) is 7.67. The number of hydrogen-bond donors (Lipinski definition) is 0. The lowest BCUT2D eigenvalue weighted by atomic mass is 9.76. The Morgan fingerprint density at radius 1 is 1.11 bits per heavy atom. The largest absolute Gasteiger partial charge is 0.457 e. The number of cyclic esters (lactones) is 1. The maximum atomic E-state index is 14.5. The van der Waals surface area contributed by atoms with Crippen molar-refractivity contribution in [2.45, 2.75) is 116 Å². The molecule has 11 atom stereocenters. The molecule has 0 radical (unpaired) electrons. The first-order chi connectivity index (χ1) is 26.4. The molecule has 0 N–H and O–H groups in total. The molecule has 4 rings (SSSR count). The zero-order valence-electron chi connectivity index (χ0n) is 34.1. The molecular formula is C42H57N3O11. The Hall–Kier alpha value is -4.50. The van der Waals surface area contributed by atoms with Gasteiger partial charge in [-0.3, -0.25) is 14.4 Å². The number of benzene rings is 1. The van der Waals surface area contributed by atoms with E-state index in [1.54, 1.807) is 65.0 Å². The Morgan fingerprint density at radius 3 is 2.36 bits per heavy atom. The van der Waals surface area contributed by atoms with Gasteiger partial charge in [0.2, 0.25) is 0 Å². The predicted molar refractivity (Wildman–Crippen MR) is 205 cm³/mol. The average Bonchev–Trinajstić information content (AvgIpc) is 3.73. The molecule has 0 bridgehead atoms. The van der Waals surface area contributed by atoms with E-state index in [4.69, 9.17) is 28.4 Å². The molecule has 2 aliphatic rings. The van der Waals surface area contributed by atoms with Crippen molar-refractivity contribution < 1.29 is 52.4 Å². The van der Waals surface area contributed by atoms with Crippen LogP contribution in [0.4, 0.5) is 4.79 Å². The van der Waals surface area contributed by atoms with Gasteiger partial charge in [0.1, 0.15) is 18.3 Å². The monoisotopic (exact) mass is 779 g/mol. The summed E-state index contributed by atoms with van der Waals surface area (Å²) in [7, 11) is 5.20. The van der Waals surface area contributed by atoms with Gasteiger partial charge in [0.15, 0.2) is 29.6 Å². The molecule has 1 aromatic heterocycles. The first kappa shape index (κ1) is 44.2. The fourth-order valence-corrected chi connectivity index (χ4v) is 7.67. The van der Waals surface area contributed by atoms with E-state index in [9.17, 15) is 24.0 Å². The van der Waals surface area contributed by atoms with Crippen molar-refractivity contribution in [2.24, 2.45) is 17.8 Å². The number of methoxy groups -OCH3 is 1. The highest BCUT2D eigenvalue weighted by Crippen LogP contribution is 2.38. The predicted octanol–water partition coefficient (Wildman–Crippen LogP) is 5.59. The van der Waals surface area contributed by atoms with E-state index in [1.165, 1.54) is 44.9 Å². The molecule has 1 fully saturated rings. The quantitative estimate of drug-likeness (QED) is 0.134. The van der Waals surface area contributed by atoms with E-state index in [0.717, 1.165) is 4.57 Å². The van der Waals surface area contributed by atoms with Crippen LogP contribution in [0.5, 0.6) is 0 Å². The molecule has 3 heterocycles. The van der Waals surface area contributed by atoms with E-state index in [-0.39, 0.29) is 36.3 Å². The van der Waals surface area contributed by atoms with Crippen LogP contribution in [-0.4, -0.2) is 113 Å². The normalized spacial score (nSPS) is 34.4. The van der Waals surface area contributed by atoms with E-state index >= 15 is 0 Å². The lowest BCUT2D eigenvalue weighted by Gasteiger charge is -2.47. The second kappa shape index (κ2) is 18.6. The maximum absolute atomic E-state index is 14.5. The van der Waals surface area contributed by atoms with Gasteiger partial charge in [0, 0.05) is 31.3 Å². The number of nitrogens with zero attached hydrogens (tertiary/aromatic N) is 3. The van der Waals surface area contributed by atoms with Gasteiger partial charge in [-0.2, -0.15) is 0 Å². The SMILES string of the molecule is C=C[C@]1(OC(=O)n2ccnc2)/C=C(\C)C(=O)[C@H](C)C[C@](C)(OC)[C@H](OC2O[C@H](C)C[C@H](N(C)C)[C@H]2OC(=O)c2ccccc2)[C@@H](C)C(=O)[C@@H](C)C(=O)O[C@@H]1CC. The molecule has 14 nitrogen and oxygen atoms in total. The van der Waals surface area contributed by atoms with Gasteiger partial charge in [0.05, 0.1) is 29.4 Å². The fraction of sp³-hybridized carbons (Fsp3) is 0.571. The first-order valence-corrected chi connectivity index (χ1v) is 19.0. The lowest BCUT2D eigenvalue weighted by molar-refractivity contribution is -0.294. The topological polar surface area (TPSA) is 162 Å². The number of carbonyl (C=O) groups is 5. The summed E-state index contributed by atoms with van der Waals surface area (Å²) in [4.78, 5) is 75.2. The minimum Gasteiger partial charge on any atom is -0.457 e. The van der Waals surface area contributed by atoms with Crippen molar-refractivity contribution >= 4 is 29.6 Å². The van der Waals surface area contributed by atoms with Gasteiger partial charge in [-0.05, 0) is 90.9 Å². The molecule has 0 aliphatic carbocycles. The van der Waals surface area contributed by atoms with Crippen molar-refractivity contribution in [3.8, 4) is 0 Å². The van der Waals surface area contributed by atoms with Crippen LogP contribution >= 0.6 is 0 Å². The zero-order chi connectivity index (χ0) is 41.5. The summed E-state index contributed by atoms with van der Waals surface area (Å²) in [6, 6.07) is 8.23. The number of Topliss-reactive ketones (excluding diaryl/α,β-unsaturated/α-hetero) is 2. The van der Waals surface area contributed by atoms with Gasteiger partial charge in [-0.15, -0.1) is 0 Å². The summed E-state index contributed by atoms with van der Waals surface area (Å²) >= 11 is 0. The maximum Gasteiger partial charge on any atom is 0.420 e. The molecule has 14 heteroatoms. The van der Waals surface area contributed by atoms with Crippen LogP contribution in [0.3, 0.4) is 0 Å². The van der Waals surface area contributed by atoms with Crippen LogP contribution < -0.4 is 0 Å². The Balaban J connectivity index is 1.80. The molecule has 0 amide bonds. The number of ketones is 2. The summed E-state index contributed by atoms with van der Waals surface area (Å²) in [5, 5.41) is 0. The molecule has 0 spiro atoms. The zero-order valence-corrected chi connectivity index (χ0v) is 34.1. The van der Waals surface area contributed by atoms with Gasteiger partial charge >= 0.3 is 18.0 Å². The van der Waals surface area contributed by atoms with E-state index in [2.05, 4.69) is 11.6 Å². The molecule has 2 aromatic rings. The number of ether oxygens (including phenoxy) is 6. The summed E-state index contributed by atoms with van der Waals surface area (Å²) in [6.45, 7) is 15.6. The van der Waals surface area contributed by atoms with Crippen LogP contribution in [0, 0.1) is 17.8 Å². The Kier molecular flexibility index (Phi) is 14.7. The van der Waals surface area contributed by atoms with Crippen molar-refractivity contribution in [3.05, 3.63) is 78.9 Å². The Labute approximate surface area is 329 Å². The van der Waals surface area contributed by atoms with E-state index in [0.29, 0.717) is 12.0 Å². The molecule has 1 unspecified atom stereocenters. The van der Waals surface area contributed by atoms with Crippen LogP contribution in [0.2, 0.25) is 0 Å². The third-order valence-corrected chi connectivity index (χ3v) is 11.0. The number of likely N-dealkylation sites (N-methyl/N-ethyl adjacent to an activating group) is 1. The van der Waals surface area contributed by atoms with Crippen molar-refractivity contribution in [1.82, 2.24) is 14.5 Å². The highest BCUT2D eigenvalue weighted by Gasteiger charge is 2.51. The minimum atomic E-state index is -1.80. The smallest absolute Gasteiger partial charge is 0.420 e. The molecule has 56 heavy (non-hydrogen) atoms. The van der Waals surface area contributed by atoms with E-state index in [1.807, 2.05) is 25.9 Å². The van der Waals surface area contributed by atoms with Gasteiger partial charge in [0.25, 0.3) is 0 Å². The number of allylic oxidation sites excluding steroid dienone is 1. The molecular weight excluding hydrogens is 722 g/mol. The Bertz CT molecular complexity index is 1740. The van der Waals surface area contributed by atoms with Gasteiger partial charge < -0.3 is 33.3 Å². The molecule has 306 valence electrons.